The number of para-hydroxylation sites is 2. The van der Waals surface area contributed by atoms with E-state index >= 15 is 0 Å². The lowest BCUT2D eigenvalue weighted by atomic mass is 10.1. The molecule has 1 amide bonds. The minimum Gasteiger partial charge on any atom is -0.493 e. The largest absolute Gasteiger partial charge is 0.493 e. The molecular weight excluding hydrogens is 347 g/mol. The Morgan fingerprint density at radius 2 is 1.81 bits per heavy atom. The maximum atomic E-state index is 12.6. The molecule has 0 aromatic heterocycles. The first-order valence-corrected chi connectivity index (χ1v) is 7.59. The number of methoxy groups -OCH3 is 1. The summed E-state index contributed by atoms with van der Waals surface area (Å²) >= 11 is 0. The van der Waals surface area contributed by atoms with E-state index < -0.39 is 17.6 Å². The predicted octanol–water partition coefficient (Wildman–Crippen LogP) is 3.53. The van der Waals surface area contributed by atoms with Crippen molar-refractivity contribution in [2.45, 2.75) is 6.18 Å². The van der Waals surface area contributed by atoms with Crippen LogP contribution in [0.4, 0.5) is 13.2 Å². The fourth-order valence-corrected chi connectivity index (χ4v) is 2.03. The molecule has 0 aliphatic carbocycles. The lowest BCUT2D eigenvalue weighted by Crippen LogP contribution is -2.24. The van der Waals surface area contributed by atoms with Gasteiger partial charge in [0.25, 0.3) is 5.91 Å². The number of rotatable bonds is 5. The summed E-state index contributed by atoms with van der Waals surface area (Å²) in [7, 11) is 1.52. The van der Waals surface area contributed by atoms with Crippen LogP contribution >= 0.6 is 0 Å². The molecule has 0 heterocycles. The van der Waals surface area contributed by atoms with Crippen molar-refractivity contribution in [1.82, 2.24) is 5.32 Å². The van der Waals surface area contributed by atoms with Crippen molar-refractivity contribution >= 4 is 5.91 Å². The zero-order valence-electron chi connectivity index (χ0n) is 13.9. The van der Waals surface area contributed by atoms with Crippen molar-refractivity contribution in [2.75, 3.05) is 20.3 Å². The highest BCUT2D eigenvalue weighted by molar-refractivity contribution is 5.94. The van der Waals surface area contributed by atoms with Gasteiger partial charge in [0.15, 0.2) is 11.5 Å². The number of hydrogen-bond donors (Lipinski definition) is 1. The molecule has 26 heavy (non-hydrogen) atoms. The fraction of sp³-hybridized carbons (Fsp3) is 0.211. The Hall–Kier alpha value is -3.14. The van der Waals surface area contributed by atoms with Gasteiger partial charge in [-0.05, 0) is 30.3 Å². The SMILES string of the molecule is COc1ccccc1OCC#CCNC(=O)c1cccc(C(F)(F)F)c1. The Kier molecular flexibility index (Phi) is 6.50. The first-order chi connectivity index (χ1) is 12.4. The molecule has 2 aromatic carbocycles. The molecule has 4 nitrogen and oxygen atoms in total. The van der Waals surface area contributed by atoms with Gasteiger partial charge in [0.1, 0.15) is 6.61 Å². The van der Waals surface area contributed by atoms with Gasteiger partial charge in [-0.15, -0.1) is 0 Å². The van der Waals surface area contributed by atoms with Crippen molar-refractivity contribution in [3.63, 3.8) is 0 Å². The van der Waals surface area contributed by atoms with Crippen LogP contribution in [0.2, 0.25) is 0 Å². The summed E-state index contributed by atoms with van der Waals surface area (Å²) in [5.41, 5.74) is -0.951. The van der Waals surface area contributed by atoms with E-state index in [-0.39, 0.29) is 18.7 Å². The van der Waals surface area contributed by atoms with E-state index in [9.17, 15) is 18.0 Å². The van der Waals surface area contributed by atoms with Gasteiger partial charge in [-0.3, -0.25) is 4.79 Å². The van der Waals surface area contributed by atoms with E-state index in [2.05, 4.69) is 17.2 Å². The molecule has 0 atom stereocenters. The number of hydrogen-bond acceptors (Lipinski definition) is 3. The first-order valence-electron chi connectivity index (χ1n) is 7.59. The van der Waals surface area contributed by atoms with E-state index in [4.69, 9.17) is 9.47 Å². The van der Waals surface area contributed by atoms with Crippen LogP contribution < -0.4 is 14.8 Å². The monoisotopic (exact) mass is 363 g/mol. The Labute approximate surface area is 148 Å². The van der Waals surface area contributed by atoms with Gasteiger partial charge in [0, 0.05) is 5.56 Å². The van der Waals surface area contributed by atoms with Crippen LogP contribution in [0.3, 0.4) is 0 Å². The quantitative estimate of drug-likeness (QED) is 0.827. The molecular formula is C19H16F3NO3. The number of carbonyl (C=O) groups is 1. The van der Waals surface area contributed by atoms with Gasteiger partial charge in [-0.2, -0.15) is 13.2 Å². The van der Waals surface area contributed by atoms with E-state index in [1.54, 1.807) is 24.3 Å². The zero-order chi connectivity index (χ0) is 19.0. The molecule has 0 fully saturated rings. The standard InChI is InChI=1S/C19H16F3NO3/c1-25-16-9-2-3-10-17(16)26-12-5-4-11-23-18(24)14-7-6-8-15(13-14)19(20,21)22/h2-3,6-10,13H,11-12H2,1H3,(H,23,24). The Morgan fingerprint density at radius 3 is 2.50 bits per heavy atom. The Morgan fingerprint density at radius 1 is 1.08 bits per heavy atom. The summed E-state index contributed by atoms with van der Waals surface area (Å²) in [5.74, 6) is 5.86. The highest BCUT2D eigenvalue weighted by Crippen LogP contribution is 2.29. The van der Waals surface area contributed by atoms with E-state index in [0.29, 0.717) is 11.5 Å². The summed E-state index contributed by atoms with van der Waals surface area (Å²) in [6, 6.07) is 11.3. The normalized spacial score (nSPS) is 10.5. The number of ether oxygens (including phenoxy) is 2. The highest BCUT2D eigenvalue weighted by Gasteiger charge is 2.30. The van der Waals surface area contributed by atoms with Gasteiger partial charge < -0.3 is 14.8 Å². The third kappa shape index (κ3) is 5.45. The number of halogens is 3. The smallest absolute Gasteiger partial charge is 0.416 e. The van der Waals surface area contributed by atoms with Crippen LogP contribution in [0.5, 0.6) is 11.5 Å². The molecule has 0 unspecified atom stereocenters. The van der Waals surface area contributed by atoms with Crippen LogP contribution in [0.1, 0.15) is 15.9 Å². The average Bonchev–Trinajstić information content (AvgIpc) is 2.64. The third-order valence-corrected chi connectivity index (χ3v) is 3.28. The molecule has 2 aromatic rings. The Balaban J connectivity index is 1.83. The molecule has 2 rings (SSSR count). The van der Waals surface area contributed by atoms with Crippen LogP contribution in [0.15, 0.2) is 48.5 Å². The van der Waals surface area contributed by atoms with Crippen LogP contribution in [0, 0.1) is 11.8 Å². The third-order valence-electron chi connectivity index (χ3n) is 3.28. The second kappa shape index (κ2) is 8.81. The second-order valence-electron chi connectivity index (χ2n) is 5.05. The van der Waals surface area contributed by atoms with E-state index in [1.165, 1.54) is 19.2 Å². The van der Waals surface area contributed by atoms with Crippen molar-refractivity contribution in [3.8, 4) is 23.3 Å². The van der Waals surface area contributed by atoms with Crippen molar-refractivity contribution < 1.29 is 27.4 Å². The van der Waals surface area contributed by atoms with Crippen LogP contribution in [-0.2, 0) is 6.18 Å². The van der Waals surface area contributed by atoms with Gasteiger partial charge >= 0.3 is 6.18 Å². The van der Waals surface area contributed by atoms with Crippen LogP contribution in [0.25, 0.3) is 0 Å². The predicted molar refractivity (Wildman–Crippen MR) is 90.0 cm³/mol. The molecule has 0 aliphatic heterocycles. The van der Waals surface area contributed by atoms with Gasteiger partial charge in [-0.1, -0.05) is 30.0 Å². The summed E-state index contributed by atoms with van der Waals surface area (Å²) in [4.78, 5) is 11.9. The second-order valence-corrected chi connectivity index (χ2v) is 5.05. The molecule has 1 N–H and O–H groups in total. The lowest BCUT2D eigenvalue weighted by Gasteiger charge is -2.08. The number of benzene rings is 2. The van der Waals surface area contributed by atoms with Crippen molar-refractivity contribution in [2.24, 2.45) is 0 Å². The van der Waals surface area contributed by atoms with Gasteiger partial charge in [-0.25, -0.2) is 0 Å². The molecule has 0 bridgehead atoms. The molecule has 136 valence electrons. The van der Waals surface area contributed by atoms with E-state index in [0.717, 1.165) is 12.1 Å². The topological polar surface area (TPSA) is 47.6 Å². The van der Waals surface area contributed by atoms with Gasteiger partial charge in [0.05, 0.1) is 19.2 Å². The number of amides is 1. The minimum atomic E-state index is -4.49. The molecule has 0 saturated carbocycles. The first kappa shape index (κ1) is 19.2. The maximum Gasteiger partial charge on any atom is 0.416 e. The molecule has 7 heteroatoms. The number of nitrogens with one attached hydrogen (secondary N) is 1. The average molecular weight is 363 g/mol. The maximum absolute atomic E-state index is 12.6. The minimum absolute atomic E-state index is 0.00956. The van der Waals surface area contributed by atoms with Crippen molar-refractivity contribution in [1.29, 1.82) is 0 Å². The summed E-state index contributed by atoms with van der Waals surface area (Å²) < 4.78 is 48.5. The summed E-state index contributed by atoms with van der Waals surface area (Å²) in [5, 5.41) is 2.44. The zero-order valence-corrected chi connectivity index (χ0v) is 13.9. The lowest BCUT2D eigenvalue weighted by molar-refractivity contribution is -0.137. The van der Waals surface area contributed by atoms with Crippen molar-refractivity contribution in [3.05, 3.63) is 59.7 Å². The summed E-state index contributed by atoms with van der Waals surface area (Å²) in [6.45, 7) is 0.0736. The number of carbonyl (C=O) groups excluding carboxylic acids is 1. The summed E-state index contributed by atoms with van der Waals surface area (Å²) in [6.07, 6.45) is -4.49. The molecule has 0 radical (unpaired) electrons. The van der Waals surface area contributed by atoms with Gasteiger partial charge in [0.2, 0.25) is 0 Å². The Bertz CT molecular complexity index is 823. The molecule has 0 saturated heterocycles. The molecule has 0 spiro atoms. The van der Waals surface area contributed by atoms with Crippen LogP contribution in [-0.4, -0.2) is 26.2 Å². The van der Waals surface area contributed by atoms with E-state index in [1.807, 2.05) is 0 Å². The fourth-order valence-electron chi connectivity index (χ4n) is 2.03. The number of alkyl halides is 3. The molecule has 0 aliphatic rings. The highest BCUT2D eigenvalue weighted by atomic mass is 19.4.